The Labute approximate surface area is 254 Å². The van der Waals surface area contributed by atoms with E-state index in [0.717, 1.165) is 18.4 Å². The van der Waals surface area contributed by atoms with Crippen LogP contribution in [0.4, 0.5) is 11.6 Å². The summed E-state index contributed by atoms with van der Waals surface area (Å²) in [6.45, 7) is 8.38. The SMILES string of the molecule is CCOC(=O)[C@@H](C)OC[C@@H](C)NC1CCCCC1.N#CC1(CNc2cccc(-c3cc(N)ncc3Cl)n2)CCOCC1. The highest BCUT2D eigenvalue weighted by Crippen LogP contribution is 2.31. The molecule has 11 heteroatoms. The van der Waals surface area contributed by atoms with Gasteiger partial charge in [-0.05, 0) is 64.7 Å². The lowest BCUT2D eigenvalue weighted by molar-refractivity contribution is -0.155. The first kappa shape index (κ1) is 33.5. The van der Waals surface area contributed by atoms with Gasteiger partial charge in [0.1, 0.15) is 11.6 Å². The number of hydrogen-bond acceptors (Lipinski definition) is 10. The number of rotatable bonds is 11. The predicted octanol–water partition coefficient (Wildman–Crippen LogP) is 5.38. The van der Waals surface area contributed by atoms with Crippen molar-refractivity contribution in [1.29, 1.82) is 5.26 Å². The molecule has 0 aromatic carbocycles. The van der Waals surface area contributed by atoms with Crippen LogP contribution < -0.4 is 16.4 Å². The van der Waals surface area contributed by atoms with E-state index in [-0.39, 0.29) is 12.0 Å². The largest absolute Gasteiger partial charge is 0.464 e. The van der Waals surface area contributed by atoms with Gasteiger partial charge in [0.15, 0.2) is 6.10 Å². The normalized spacial score (nSPS) is 18.1. The third-order valence-electron chi connectivity index (χ3n) is 7.54. The van der Waals surface area contributed by atoms with Crippen molar-refractivity contribution < 1.29 is 19.0 Å². The molecule has 2 fully saturated rings. The van der Waals surface area contributed by atoms with Crippen molar-refractivity contribution in [2.45, 2.75) is 83.9 Å². The molecule has 4 rings (SSSR count). The second-order valence-electron chi connectivity index (χ2n) is 11.0. The Morgan fingerprint density at radius 1 is 1.26 bits per heavy atom. The zero-order chi connectivity index (χ0) is 30.4. The van der Waals surface area contributed by atoms with Crippen LogP contribution in [0.1, 0.15) is 65.7 Å². The lowest BCUT2D eigenvalue weighted by Gasteiger charge is -2.30. The molecule has 1 saturated heterocycles. The number of anilines is 2. The molecule has 2 atom stereocenters. The Balaban J connectivity index is 0.000000241. The summed E-state index contributed by atoms with van der Waals surface area (Å²) in [4.78, 5) is 19.9. The van der Waals surface area contributed by atoms with Gasteiger partial charge in [-0.2, -0.15) is 5.26 Å². The van der Waals surface area contributed by atoms with E-state index in [9.17, 15) is 10.1 Å². The highest BCUT2D eigenvalue weighted by Gasteiger charge is 2.32. The number of nitrogens with zero attached hydrogens (tertiary/aromatic N) is 3. The molecule has 2 aromatic heterocycles. The average Bonchev–Trinajstić information content (AvgIpc) is 3.01. The number of pyridine rings is 2. The van der Waals surface area contributed by atoms with Gasteiger partial charge in [-0.3, -0.25) is 0 Å². The summed E-state index contributed by atoms with van der Waals surface area (Å²) in [6, 6.07) is 10.7. The molecule has 0 amide bonds. The summed E-state index contributed by atoms with van der Waals surface area (Å²) in [6.07, 6.45) is 9.03. The molecule has 42 heavy (non-hydrogen) atoms. The van der Waals surface area contributed by atoms with Crippen molar-refractivity contribution in [1.82, 2.24) is 15.3 Å². The van der Waals surface area contributed by atoms with E-state index in [1.54, 1.807) is 19.9 Å². The topological polar surface area (TPSA) is 144 Å². The zero-order valence-corrected chi connectivity index (χ0v) is 25.8. The first-order valence-electron chi connectivity index (χ1n) is 14.9. The molecule has 1 aliphatic carbocycles. The Bertz CT molecular complexity index is 1160. The summed E-state index contributed by atoms with van der Waals surface area (Å²) in [5.74, 6) is 0.808. The molecule has 0 radical (unpaired) electrons. The van der Waals surface area contributed by atoms with Crippen LogP contribution >= 0.6 is 11.6 Å². The molecule has 4 N–H and O–H groups in total. The van der Waals surface area contributed by atoms with Gasteiger partial charge in [-0.15, -0.1) is 0 Å². The van der Waals surface area contributed by atoms with Crippen molar-refractivity contribution in [3.05, 3.63) is 35.5 Å². The highest BCUT2D eigenvalue weighted by molar-refractivity contribution is 6.33. The minimum absolute atomic E-state index is 0.276. The molecule has 1 saturated carbocycles. The second kappa shape index (κ2) is 17.2. The number of aromatic nitrogens is 2. The molecule has 1 aliphatic heterocycles. The highest BCUT2D eigenvalue weighted by atomic mass is 35.5. The van der Waals surface area contributed by atoms with Crippen LogP contribution in [0.3, 0.4) is 0 Å². The number of nitrogen functional groups attached to an aromatic ring is 1. The maximum atomic E-state index is 11.4. The van der Waals surface area contributed by atoms with Gasteiger partial charge >= 0.3 is 5.97 Å². The Morgan fingerprint density at radius 3 is 2.69 bits per heavy atom. The van der Waals surface area contributed by atoms with Gasteiger partial charge in [0.05, 0.1) is 35.4 Å². The quantitative estimate of drug-likeness (QED) is 0.288. The number of nitriles is 1. The van der Waals surface area contributed by atoms with Gasteiger partial charge in [0.2, 0.25) is 0 Å². The van der Waals surface area contributed by atoms with Gasteiger partial charge in [0, 0.05) is 43.6 Å². The molecule has 10 nitrogen and oxygen atoms in total. The van der Waals surface area contributed by atoms with E-state index in [1.165, 1.54) is 38.3 Å². The van der Waals surface area contributed by atoms with Crippen LogP contribution in [0.25, 0.3) is 11.3 Å². The van der Waals surface area contributed by atoms with E-state index in [4.69, 9.17) is 31.5 Å². The van der Waals surface area contributed by atoms with Crippen molar-refractivity contribution in [3.8, 4) is 17.3 Å². The first-order chi connectivity index (χ1) is 20.2. The summed E-state index contributed by atoms with van der Waals surface area (Å²) in [7, 11) is 0. The molecule has 0 spiro atoms. The van der Waals surface area contributed by atoms with Crippen molar-refractivity contribution in [2.75, 3.05) is 44.0 Å². The summed E-state index contributed by atoms with van der Waals surface area (Å²) >= 11 is 6.19. The summed E-state index contributed by atoms with van der Waals surface area (Å²) < 4.78 is 15.8. The fourth-order valence-corrected chi connectivity index (χ4v) is 5.22. The smallest absolute Gasteiger partial charge is 0.334 e. The van der Waals surface area contributed by atoms with Gasteiger partial charge in [-0.1, -0.05) is 36.9 Å². The molecule has 0 bridgehead atoms. The Hall–Kier alpha value is -2.97. The average molecular weight is 601 g/mol. The third-order valence-corrected chi connectivity index (χ3v) is 7.84. The maximum Gasteiger partial charge on any atom is 0.334 e. The minimum Gasteiger partial charge on any atom is -0.464 e. The second-order valence-corrected chi connectivity index (χ2v) is 11.4. The zero-order valence-electron chi connectivity index (χ0n) is 25.0. The molecule has 0 unspecified atom stereocenters. The Kier molecular flexibility index (Phi) is 13.7. The number of halogens is 1. The van der Waals surface area contributed by atoms with Crippen LogP contribution in [0, 0.1) is 16.7 Å². The summed E-state index contributed by atoms with van der Waals surface area (Å²) in [5.41, 5.74) is 6.76. The molecule has 230 valence electrons. The molecular weight excluding hydrogens is 556 g/mol. The van der Waals surface area contributed by atoms with E-state index in [1.807, 2.05) is 18.2 Å². The van der Waals surface area contributed by atoms with Crippen LogP contribution in [-0.2, 0) is 19.0 Å². The van der Waals surface area contributed by atoms with Crippen molar-refractivity contribution in [2.24, 2.45) is 5.41 Å². The van der Waals surface area contributed by atoms with Crippen LogP contribution in [0.15, 0.2) is 30.5 Å². The molecular formula is C31H45ClN6O4. The predicted molar refractivity (Wildman–Crippen MR) is 165 cm³/mol. The monoisotopic (exact) mass is 600 g/mol. The van der Waals surface area contributed by atoms with E-state index < -0.39 is 11.5 Å². The van der Waals surface area contributed by atoms with Gasteiger partial charge in [0.25, 0.3) is 0 Å². The van der Waals surface area contributed by atoms with Gasteiger partial charge in [-0.25, -0.2) is 14.8 Å². The molecule has 2 aliphatic rings. The first-order valence-corrected chi connectivity index (χ1v) is 15.3. The standard InChI is InChI=1S/C17H18ClN5O.C14H27NO3/c18-13-9-21-15(20)8-12(13)14-2-1-3-16(23-14)22-11-17(10-19)4-6-24-7-5-17;1-4-17-14(16)12(3)18-10-11(2)15-13-8-6-5-7-9-13/h1-3,8-9H,4-7,11H2,(H2,20,21)(H,22,23);11-13,15H,4-10H2,1-3H3/t;11-,12-/m.1/s1. The third kappa shape index (κ3) is 10.7. The van der Waals surface area contributed by atoms with Crippen molar-refractivity contribution >= 4 is 29.2 Å². The number of carbonyl (C=O) groups is 1. The van der Waals surface area contributed by atoms with Gasteiger partial charge < -0.3 is 30.6 Å². The van der Waals surface area contributed by atoms with E-state index in [2.05, 4.69) is 33.6 Å². The van der Waals surface area contributed by atoms with E-state index in [0.29, 0.717) is 61.4 Å². The van der Waals surface area contributed by atoms with Crippen LogP contribution in [-0.4, -0.2) is 67.1 Å². The lowest BCUT2D eigenvalue weighted by atomic mass is 9.82. The van der Waals surface area contributed by atoms with Crippen molar-refractivity contribution in [3.63, 3.8) is 0 Å². The number of carbonyl (C=O) groups excluding carboxylic acids is 1. The number of nitrogens with two attached hydrogens (primary N) is 1. The lowest BCUT2D eigenvalue weighted by Crippen LogP contribution is -2.41. The fourth-order valence-electron chi connectivity index (χ4n) is 5.02. The number of hydrogen-bond donors (Lipinski definition) is 3. The minimum atomic E-state index is -0.472. The van der Waals surface area contributed by atoms with Crippen LogP contribution in [0.2, 0.25) is 5.02 Å². The van der Waals surface area contributed by atoms with Crippen LogP contribution in [0.5, 0.6) is 0 Å². The Morgan fingerprint density at radius 2 is 2.00 bits per heavy atom. The number of esters is 1. The molecule has 3 heterocycles. The summed E-state index contributed by atoms with van der Waals surface area (Å²) in [5, 5.41) is 16.8. The number of nitrogens with one attached hydrogen (secondary N) is 2. The number of ether oxygens (including phenoxy) is 3. The molecule has 2 aromatic rings. The maximum absolute atomic E-state index is 11.4. The van der Waals surface area contributed by atoms with E-state index >= 15 is 0 Å². The fraction of sp³-hybridized carbons (Fsp3) is 0.613.